The van der Waals surface area contributed by atoms with Gasteiger partial charge in [0.1, 0.15) is 36.3 Å². The van der Waals surface area contributed by atoms with Gasteiger partial charge in [0.25, 0.3) is 0 Å². The van der Waals surface area contributed by atoms with Crippen molar-refractivity contribution >= 4 is 17.7 Å². The van der Waals surface area contributed by atoms with E-state index in [-0.39, 0.29) is 31.0 Å². The average molecular weight is 1170 g/mol. The number of aryl methyl sites for hydroxylation is 1. The van der Waals surface area contributed by atoms with Gasteiger partial charge in [0, 0.05) is 43.6 Å². The van der Waals surface area contributed by atoms with E-state index >= 15 is 0 Å². The van der Waals surface area contributed by atoms with Crippen LogP contribution in [-0.4, -0.2) is 223 Å². The second-order valence-electron chi connectivity index (χ2n) is 22.0. The van der Waals surface area contributed by atoms with E-state index in [0.717, 1.165) is 0 Å². The van der Waals surface area contributed by atoms with Crippen molar-refractivity contribution in [2.45, 2.75) is 208 Å². The lowest BCUT2D eigenvalue weighted by Gasteiger charge is -2.47. The Kier molecular flexibility index (Phi) is 26.8. The van der Waals surface area contributed by atoms with Crippen molar-refractivity contribution < 1.29 is 109 Å². The molecule has 1 amide bonds. The van der Waals surface area contributed by atoms with E-state index < -0.39 is 191 Å². The van der Waals surface area contributed by atoms with Crippen LogP contribution in [0.4, 0.5) is 5.82 Å². The van der Waals surface area contributed by atoms with Gasteiger partial charge in [0.05, 0.1) is 98.7 Å². The molecule has 0 spiro atoms. The molecule has 1 aromatic heterocycles. The summed E-state index contributed by atoms with van der Waals surface area (Å²) < 4.78 is 34.4. The van der Waals surface area contributed by atoms with Crippen molar-refractivity contribution in [2.75, 3.05) is 18.5 Å². The summed E-state index contributed by atoms with van der Waals surface area (Å²) in [7, 11) is 0. The van der Waals surface area contributed by atoms with Crippen molar-refractivity contribution in [1.82, 2.24) is 10.5 Å². The number of hydrogen-bond acceptors (Lipinski definition) is 24. The minimum absolute atomic E-state index is 0.0132. The monoisotopic (exact) mass is 1170 g/mol. The SMILES string of the molecule is Cc1cc(NC(=O)C2C3C[C@@H](OC4O[C@H](C)[C@@H](O)[C@H](NC[C@@]5(O)OC[C@@H](O)[C@@H](O)[C@@H]5O)[C@@H]4O)/C=C/C=C/C=C/C=C/C=C/C=C/C=C/[C@H](C)[C@@H](O)C(C)[C@H](C)OC(=O)C[C@H](O)C[C@H](O)CC[C@@H](O)[C@H](O)C[C@H](O)C[C@](O)(C[C@@H]2O)O3)no1. The van der Waals surface area contributed by atoms with Gasteiger partial charge >= 0.3 is 5.97 Å². The third kappa shape index (κ3) is 20.4. The summed E-state index contributed by atoms with van der Waals surface area (Å²) in [6.45, 7) is 7.00. The Morgan fingerprint density at radius 2 is 1.30 bits per heavy atom. The van der Waals surface area contributed by atoms with E-state index in [4.69, 9.17) is 28.2 Å². The lowest BCUT2D eigenvalue weighted by molar-refractivity contribution is -0.323. The fraction of sp³-hybridized carbons (Fsp3) is 0.667. The number of esters is 1. The highest BCUT2D eigenvalue weighted by Gasteiger charge is 2.53. The number of nitrogens with one attached hydrogen (secondary N) is 2. The fourth-order valence-corrected chi connectivity index (χ4v) is 10.1. The number of aliphatic hydroxyl groups excluding tert-OH is 12. The number of ether oxygens (including phenoxy) is 5. The van der Waals surface area contributed by atoms with Crippen LogP contribution in [0.1, 0.15) is 84.8 Å². The van der Waals surface area contributed by atoms with Gasteiger partial charge in [-0.05, 0) is 40.0 Å². The van der Waals surface area contributed by atoms with Gasteiger partial charge in [-0.25, -0.2) is 0 Å². The van der Waals surface area contributed by atoms with Crippen LogP contribution in [0.2, 0.25) is 0 Å². The number of hydrogen-bond donors (Lipinski definition) is 16. The Labute approximate surface area is 476 Å². The Balaban J connectivity index is 1.43. The van der Waals surface area contributed by atoms with E-state index in [0.29, 0.717) is 5.76 Å². The number of nitrogens with zero attached hydrogens (tertiary/aromatic N) is 1. The maximum Gasteiger partial charge on any atom is 0.308 e. The van der Waals surface area contributed by atoms with Crippen LogP contribution in [0.15, 0.2) is 95.7 Å². The zero-order valence-corrected chi connectivity index (χ0v) is 46.8. The molecule has 5 rings (SSSR count). The molecule has 16 N–H and O–H groups in total. The first-order valence-electron chi connectivity index (χ1n) is 27.8. The Bertz CT molecular complexity index is 2350. The maximum absolute atomic E-state index is 14.1. The molecule has 4 aliphatic rings. The second kappa shape index (κ2) is 32.2. The summed E-state index contributed by atoms with van der Waals surface area (Å²) in [5.41, 5.74) is 0. The number of carbonyl (C=O) groups excluding carboxylic acids is 2. The fourth-order valence-electron chi connectivity index (χ4n) is 10.1. The summed E-state index contributed by atoms with van der Waals surface area (Å²) in [5.74, 6) is -8.43. The number of rotatable bonds is 7. The molecule has 25 nitrogen and oxygen atoms in total. The van der Waals surface area contributed by atoms with E-state index in [1.807, 2.05) is 6.92 Å². The van der Waals surface area contributed by atoms with Crippen molar-refractivity contribution in [3.8, 4) is 0 Å². The van der Waals surface area contributed by atoms with Crippen LogP contribution in [0.5, 0.6) is 0 Å². The zero-order valence-electron chi connectivity index (χ0n) is 46.8. The van der Waals surface area contributed by atoms with Gasteiger partial charge in [0.2, 0.25) is 11.7 Å². The highest BCUT2D eigenvalue weighted by Crippen LogP contribution is 2.39. The first kappa shape index (κ1) is 68.4. The van der Waals surface area contributed by atoms with E-state index in [2.05, 4.69) is 15.8 Å². The molecule has 3 saturated heterocycles. The number of fused-ring (bicyclic) bond motifs is 2. The smallest absolute Gasteiger partial charge is 0.308 e. The Morgan fingerprint density at radius 1 is 0.683 bits per heavy atom. The molecule has 82 heavy (non-hydrogen) atoms. The topological polar surface area (TPSA) is 414 Å². The van der Waals surface area contributed by atoms with Gasteiger partial charge in [-0.15, -0.1) is 0 Å². The lowest BCUT2D eigenvalue weighted by atomic mass is 9.82. The molecule has 25 heteroatoms. The predicted molar refractivity (Wildman–Crippen MR) is 292 cm³/mol. The summed E-state index contributed by atoms with van der Waals surface area (Å²) in [5, 5.41) is 163. The number of carbonyl (C=O) groups is 2. The van der Waals surface area contributed by atoms with Crippen molar-refractivity contribution in [3.63, 3.8) is 0 Å². The standard InChI is InChI=1S/C57H87N3O22/c1-31-18-16-14-12-10-8-6-7-9-11-13-15-17-19-39(80-55-52(72)48(50(70)35(5)79-55)58-30-57(76)53(73)51(71)43(67)29-77-57)26-44-47(54(74)59-45-22-32(2)82-60-45)42(66)28-56(75,81-44)27-38(63)24-41(65)40(64)21-20-36(61)23-37(62)25-46(68)78-34(4)33(3)49(31)69/h6-19,22,31,33-44,47-53,55,58,61-67,69-73,75-76H,20-21,23-30H2,1-5H3,(H,59,60,74)/b7-6+,10-8+,11-9+,14-12+,15-13+,18-16+,19-17+/t31-,33?,34-,35+,36+,37+,38-,39-,40+,41+,42-,43+,44?,47?,48-,49+,50+,51+,52-,53-,55?,56+,57+/m0/s1. The van der Waals surface area contributed by atoms with E-state index in [9.17, 15) is 81.1 Å². The van der Waals surface area contributed by atoms with E-state index in [1.54, 1.807) is 99.8 Å². The number of aliphatic hydroxyl groups is 14. The lowest BCUT2D eigenvalue weighted by Crippen LogP contribution is -2.69. The molecule has 0 aromatic carbocycles. The number of cyclic esters (lactones) is 1. The molecule has 4 aliphatic heterocycles. The van der Waals surface area contributed by atoms with Gasteiger partial charge in [-0.3, -0.25) is 9.59 Å². The first-order valence-corrected chi connectivity index (χ1v) is 27.8. The quantitative estimate of drug-likeness (QED) is 0.146. The first-order chi connectivity index (χ1) is 38.7. The Hall–Kier alpha value is -4.43. The van der Waals surface area contributed by atoms with Crippen LogP contribution >= 0.6 is 0 Å². The number of allylic oxidation sites excluding steroid dienone is 12. The van der Waals surface area contributed by atoms with Gasteiger partial charge in [-0.2, -0.15) is 0 Å². The Morgan fingerprint density at radius 3 is 1.93 bits per heavy atom. The highest BCUT2D eigenvalue weighted by molar-refractivity contribution is 5.92. The molecule has 3 fully saturated rings. The summed E-state index contributed by atoms with van der Waals surface area (Å²) in [6, 6.07) is 0.0544. The minimum atomic E-state index is -2.48. The van der Waals surface area contributed by atoms with Crippen LogP contribution in [-0.2, 0) is 33.3 Å². The van der Waals surface area contributed by atoms with Crippen LogP contribution in [0, 0.1) is 24.7 Å². The normalized spacial score (nSPS) is 44.2. The van der Waals surface area contributed by atoms with Crippen molar-refractivity contribution in [3.05, 3.63) is 96.9 Å². The minimum Gasteiger partial charge on any atom is -0.462 e. The molecule has 4 unspecified atom stereocenters. The summed E-state index contributed by atoms with van der Waals surface area (Å²) in [6.07, 6.45) is -3.94. The molecule has 1 aromatic rings. The molecule has 0 radical (unpaired) electrons. The zero-order chi connectivity index (χ0) is 60.5. The third-order valence-corrected chi connectivity index (χ3v) is 15.1. The predicted octanol–water partition coefficient (Wildman–Crippen LogP) is -1.01. The van der Waals surface area contributed by atoms with Crippen molar-refractivity contribution in [2.24, 2.45) is 17.8 Å². The summed E-state index contributed by atoms with van der Waals surface area (Å²) in [4.78, 5) is 26.9. The number of anilines is 1. The van der Waals surface area contributed by atoms with Crippen molar-refractivity contribution in [1.29, 1.82) is 0 Å². The summed E-state index contributed by atoms with van der Waals surface area (Å²) >= 11 is 0. The molecule has 5 heterocycles. The van der Waals surface area contributed by atoms with Gasteiger partial charge in [0.15, 0.2) is 17.9 Å². The largest absolute Gasteiger partial charge is 0.462 e. The second-order valence-corrected chi connectivity index (χ2v) is 22.0. The average Bonchev–Trinajstić information content (AvgIpc) is 3.82. The molecule has 462 valence electrons. The van der Waals surface area contributed by atoms with Crippen LogP contribution < -0.4 is 10.6 Å². The molecular formula is C57H87N3O22. The number of aromatic nitrogens is 1. The molecule has 0 saturated carbocycles. The third-order valence-electron chi connectivity index (χ3n) is 15.1. The van der Waals surface area contributed by atoms with Crippen LogP contribution in [0.3, 0.4) is 0 Å². The number of amides is 1. The maximum atomic E-state index is 14.1. The molecule has 23 atom stereocenters. The molecule has 2 bridgehead atoms. The molecule has 0 aliphatic carbocycles. The van der Waals surface area contributed by atoms with Crippen LogP contribution in [0.25, 0.3) is 0 Å². The van der Waals surface area contributed by atoms with Gasteiger partial charge in [-0.1, -0.05) is 104 Å². The van der Waals surface area contributed by atoms with Gasteiger partial charge < -0.3 is 110 Å². The highest BCUT2D eigenvalue weighted by atomic mass is 16.7. The molecular weight excluding hydrogens is 1080 g/mol. The van der Waals surface area contributed by atoms with E-state index in [1.165, 1.54) is 19.1 Å².